The largest absolute Gasteiger partial charge is 0.491 e. The van der Waals surface area contributed by atoms with Crippen molar-refractivity contribution in [1.82, 2.24) is 9.88 Å². The molecule has 2 aromatic carbocycles. The Balaban J connectivity index is 1.53. The number of benzene rings is 2. The van der Waals surface area contributed by atoms with Gasteiger partial charge in [0.15, 0.2) is 0 Å². The Morgan fingerprint density at radius 2 is 2.06 bits per heavy atom. The molecule has 1 fully saturated rings. The first kappa shape index (κ1) is 20.1. The number of piperidine rings is 1. The van der Waals surface area contributed by atoms with Gasteiger partial charge in [-0.2, -0.15) is 0 Å². The second-order valence-corrected chi connectivity index (χ2v) is 8.48. The average Bonchev–Trinajstić information content (AvgIpc) is 3.41. The van der Waals surface area contributed by atoms with Crippen LogP contribution >= 0.6 is 0 Å². The molecule has 1 unspecified atom stereocenters. The van der Waals surface area contributed by atoms with Crippen molar-refractivity contribution in [2.75, 3.05) is 19.8 Å². The third-order valence-electron chi connectivity index (χ3n) is 6.72. The van der Waals surface area contributed by atoms with Gasteiger partial charge in [0.2, 0.25) is 0 Å². The lowest BCUT2D eigenvalue weighted by atomic mass is 9.89. The summed E-state index contributed by atoms with van der Waals surface area (Å²) < 4.78 is 12.2. The lowest BCUT2D eigenvalue weighted by molar-refractivity contribution is -0.0281. The molecule has 3 atom stereocenters. The number of rotatable bonds is 5. The van der Waals surface area contributed by atoms with Gasteiger partial charge in [-0.05, 0) is 62.1 Å². The van der Waals surface area contributed by atoms with Crippen LogP contribution in [0.1, 0.15) is 58.9 Å². The maximum absolute atomic E-state index is 11.3. The summed E-state index contributed by atoms with van der Waals surface area (Å²) in [7, 11) is 0. The number of carboxylic acids is 1. The molecule has 0 saturated carbocycles. The van der Waals surface area contributed by atoms with Crippen LogP contribution in [0.3, 0.4) is 0 Å². The molecule has 0 bridgehead atoms. The molecule has 2 N–H and O–H groups in total. The van der Waals surface area contributed by atoms with E-state index >= 15 is 0 Å². The molecular weight excluding hydrogens is 392 g/mol. The number of aromatic carboxylic acids is 1. The van der Waals surface area contributed by atoms with E-state index in [9.17, 15) is 9.90 Å². The molecular formula is C25H28N2O4. The normalized spacial score (nSPS) is 23.6. The highest BCUT2D eigenvalue weighted by atomic mass is 16.5. The second kappa shape index (κ2) is 8.02. The van der Waals surface area contributed by atoms with Crippen molar-refractivity contribution in [3.05, 3.63) is 64.8 Å². The molecule has 162 valence electrons. The highest BCUT2D eigenvalue weighted by Gasteiger charge is 2.39. The van der Waals surface area contributed by atoms with Crippen molar-refractivity contribution in [2.24, 2.45) is 0 Å². The number of hydrogen-bond acceptors (Lipinski definition) is 4. The number of hydrogen-bond donors (Lipinski definition) is 2. The first-order valence-corrected chi connectivity index (χ1v) is 11.0. The minimum Gasteiger partial charge on any atom is -0.491 e. The van der Waals surface area contributed by atoms with Crippen LogP contribution in [0.2, 0.25) is 0 Å². The minimum absolute atomic E-state index is 0.142. The van der Waals surface area contributed by atoms with Gasteiger partial charge >= 0.3 is 5.97 Å². The van der Waals surface area contributed by atoms with Gasteiger partial charge in [0.25, 0.3) is 0 Å². The van der Waals surface area contributed by atoms with Crippen LogP contribution in [-0.4, -0.2) is 46.8 Å². The molecule has 2 aliphatic heterocycles. The highest BCUT2D eigenvalue weighted by Crippen LogP contribution is 2.47. The minimum atomic E-state index is -0.900. The van der Waals surface area contributed by atoms with Crippen LogP contribution in [0.5, 0.6) is 5.75 Å². The van der Waals surface area contributed by atoms with Gasteiger partial charge in [-0.1, -0.05) is 12.1 Å². The van der Waals surface area contributed by atoms with Gasteiger partial charge in [0, 0.05) is 41.9 Å². The van der Waals surface area contributed by atoms with E-state index in [1.807, 2.05) is 25.3 Å². The van der Waals surface area contributed by atoms with Gasteiger partial charge in [0.1, 0.15) is 12.4 Å². The van der Waals surface area contributed by atoms with Crippen molar-refractivity contribution in [3.8, 4) is 5.75 Å². The SMILES string of the molecule is CCO[C@H]1CCN(C2COc3cc(C)c4[nH]ccc4c32)[C@H](c2ccc(C(=O)O)cc2)C1. The summed E-state index contributed by atoms with van der Waals surface area (Å²) in [5.41, 5.74) is 5.05. The fourth-order valence-electron chi connectivity index (χ4n) is 5.26. The molecule has 1 aromatic heterocycles. The maximum Gasteiger partial charge on any atom is 0.335 e. The molecule has 2 aliphatic rings. The summed E-state index contributed by atoms with van der Waals surface area (Å²) in [6.45, 7) is 6.38. The zero-order valence-electron chi connectivity index (χ0n) is 17.9. The van der Waals surface area contributed by atoms with Gasteiger partial charge in [-0.25, -0.2) is 4.79 Å². The number of aromatic amines is 1. The van der Waals surface area contributed by atoms with E-state index in [0.717, 1.165) is 30.7 Å². The van der Waals surface area contributed by atoms with Crippen molar-refractivity contribution < 1.29 is 19.4 Å². The number of ether oxygens (including phenoxy) is 2. The van der Waals surface area contributed by atoms with Crippen LogP contribution in [0.15, 0.2) is 42.6 Å². The fourth-order valence-corrected chi connectivity index (χ4v) is 5.26. The molecule has 5 rings (SSSR count). The predicted molar refractivity (Wildman–Crippen MR) is 119 cm³/mol. The molecule has 0 spiro atoms. The molecule has 6 heteroatoms. The number of carboxylic acid groups (broad SMARTS) is 1. The molecule has 1 saturated heterocycles. The molecule has 3 aromatic rings. The predicted octanol–water partition coefficient (Wildman–Crippen LogP) is 4.85. The van der Waals surface area contributed by atoms with Gasteiger partial charge < -0.3 is 19.6 Å². The zero-order chi connectivity index (χ0) is 21.5. The zero-order valence-corrected chi connectivity index (χ0v) is 17.9. The average molecular weight is 421 g/mol. The van der Waals surface area contributed by atoms with Gasteiger partial charge in [0.05, 0.1) is 17.7 Å². The summed E-state index contributed by atoms with van der Waals surface area (Å²) in [6.07, 6.45) is 4.06. The quantitative estimate of drug-likeness (QED) is 0.617. The van der Waals surface area contributed by atoms with Crippen LogP contribution in [-0.2, 0) is 4.74 Å². The Morgan fingerprint density at radius 3 is 2.81 bits per heavy atom. The standard InChI is InChI=1S/C25H28N2O4/c1-3-30-18-9-11-27(20(13-18)16-4-6-17(7-5-16)25(28)29)21-14-31-22-12-15(2)24-19(23(21)22)8-10-26-24/h4-8,10,12,18,20-21,26H,3,9,11,13-14H2,1-2H3,(H,28,29)/t18-,20-,21?/m0/s1. The third-order valence-corrected chi connectivity index (χ3v) is 6.72. The van der Waals surface area contributed by atoms with Crippen LogP contribution < -0.4 is 4.74 Å². The number of carbonyl (C=O) groups is 1. The number of nitrogens with zero attached hydrogens (tertiary/aromatic N) is 1. The molecule has 0 radical (unpaired) electrons. The molecule has 0 amide bonds. The topological polar surface area (TPSA) is 74.8 Å². The summed E-state index contributed by atoms with van der Waals surface area (Å²) >= 11 is 0. The number of nitrogens with one attached hydrogen (secondary N) is 1. The van der Waals surface area contributed by atoms with E-state index in [1.165, 1.54) is 22.0 Å². The van der Waals surface area contributed by atoms with Crippen LogP contribution in [0, 0.1) is 6.92 Å². The van der Waals surface area contributed by atoms with E-state index in [4.69, 9.17) is 9.47 Å². The van der Waals surface area contributed by atoms with Gasteiger partial charge in [-0.15, -0.1) is 0 Å². The Kier molecular flexibility index (Phi) is 5.20. The Hall–Kier alpha value is -2.83. The Labute approximate surface area is 181 Å². The summed E-state index contributed by atoms with van der Waals surface area (Å²) in [6, 6.07) is 11.9. The van der Waals surface area contributed by atoms with Crippen molar-refractivity contribution in [2.45, 2.75) is 44.9 Å². The Morgan fingerprint density at radius 1 is 1.26 bits per heavy atom. The van der Waals surface area contributed by atoms with E-state index in [-0.39, 0.29) is 18.2 Å². The summed E-state index contributed by atoms with van der Waals surface area (Å²) in [4.78, 5) is 17.2. The first-order valence-electron chi connectivity index (χ1n) is 11.0. The van der Waals surface area contributed by atoms with Crippen LogP contribution in [0.25, 0.3) is 10.9 Å². The number of aromatic nitrogens is 1. The first-order chi connectivity index (χ1) is 15.1. The Bertz CT molecular complexity index is 1100. The van der Waals surface area contributed by atoms with E-state index in [0.29, 0.717) is 18.8 Å². The molecule has 31 heavy (non-hydrogen) atoms. The second-order valence-electron chi connectivity index (χ2n) is 8.48. The van der Waals surface area contributed by atoms with E-state index in [2.05, 4.69) is 28.9 Å². The van der Waals surface area contributed by atoms with Gasteiger partial charge in [-0.3, -0.25) is 4.90 Å². The number of H-pyrrole nitrogens is 1. The number of fused-ring (bicyclic) bond motifs is 3. The summed E-state index contributed by atoms with van der Waals surface area (Å²) in [5, 5.41) is 10.5. The number of aryl methyl sites for hydroxylation is 1. The molecule has 6 nitrogen and oxygen atoms in total. The molecule has 3 heterocycles. The van der Waals surface area contributed by atoms with Crippen molar-refractivity contribution in [3.63, 3.8) is 0 Å². The summed E-state index contributed by atoms with van der Waals surface area (Å²) in [5.74, 6) is 0.0732. The fraction of sp³-hybridized carbons (Fsp3) is 0.400. The lowest BCUT2D eigenvalue weighted by Gasteiger charge is -2.42. The highest BCUT2D eigenvalue weighted by molar-refractivity contribution is 5.89. The smallest absolute Gasteiger partial charge is 0.335 e. The monoisotopic (exact) mass is 420 g/mol. The van der Waals surface area contributed by atoms with Crippen LogP contribution in [0.4, 0.5) is 0 Å². The number of likely N-dealkylation sites (tertiary alicyclic amines) is 1. The third kappa shape index (κ3) is 3.50. The maximum atomic E-state index is 11.3. The van der Waals surface area contributed by atoms with Crippen molar-refractivity contribution in [1.29, 1.82) is 0 Å². The van der Waals surface area contributed by atoms with Crippen molar-refractivity contribution >= 4 is 16.9 Å². The van der Waals surface area contributed by atoms with E-state index in [1.54, 1.807) is 12.1 Å². The molecule has 0 aliphatic carbocycles. The van der Waals surface area contributed by atoms with E-state index < -0.39 is 5.97 Å². The lowest BCUT2D eigenvalue weighted by Crippen LogP contribution is -2.42.